The number of carbonyl (C=O) groups excluding carboxylic acids is 1. The lowest BCUT2D eigenvalue weighted by Gasteiger charge is -2.36. The van der Waals surface area contributed by atoms with Crippen molar-refractivity contribution in [2.45, 2.75) is 51.5 Å². The van der Waals surface area contributed by atoms with Crippen LogP contribution in [-0.4, -0.2) is 53.0 Å². The summed E-state index contributed by atoms with van der Waals surface area (Å²) >= 11 is 0. The van der Waals surface area contributed by atoms with Crippen molar-refractivity contribution in [3.05, 3.63) is 35.4 Å². The topological polar surface area (TPSA) is 60.9 Å². The van der Waals surface area contributed by atoms with Crippen LogP contribution in [0.2, 0.25) is 0 Å². The zero-order valence-corrected chi connectivity index (χ0v) is 15.7. The summed E-state index contributed by atoms with van der Waals surface area (Å²) in [5.74, 6) is 0.132. The van der Waals surface area contributed by atoms with Crippen LogP contribution >= 0.6 is 0 Å². The molecule has 2 heterocycles. The maximum atomic E-state index is 12.0. The highest BCUT2D eigenvalue weighted by atomic mass is 16.4. The number of carboxylic acid groups (broad SMARTS) is 1. The average Bonchev–Trinajstić information content (AvgIpc) is 3.06. The molecule has 0 saturated carbocycles. The van der Waals surface area contributed by atoms with E-state index in [0.29, 0.717) is 18.2 Å². The molecular formula is C21H30N2O3. The van der Waals surface area contributed by atoms with E-state index in [0.717, 1.165) is 69.4 Å². The summed E-state index contributed by atoms with van der Waals surface area (Å²) in [6.07, 6.45) is 5.62. The minimum absolute atomic E-state index is 0.296. The molecule has 1 amide bonds. The summed E-state index contributed by atoms with van der Waals surface area (Å²) < 4.78 is 0. The van der Waals surface area contributed by atoms with Gasteiger partial charge in [-0.05, 0) is 62.2 Å². The van der Waals surface area contributed by atoms with Crippen LogP contribution in [0.3, 0.4) is 0 Å². The molecule has 1 N–H and O–H groups in total. The van der Waals surface area contributed by atoms with Crippen molar-refractivity contribution in [1.82, 2.24) is 9.80 Å². The molecule has 0 spiro atoms. The molecule has 5 nitrogen and oxygen atoms in total. The van der Waals surface area contributed by atoms with E-state index in [-0.39, 0.29) is 0 Å². The Balaban J connectivity index is 1.58. The molecule has 1 aromatic carbocycles. The van der Waals surface area contributed by atoms with E-state index in [1.54, 1.807) is 0 Å². The van der Waals surface area contributed by atoms with E-state index in [9.17, 15) is 14.7 Å². The molecule has 3 rings (SSSR count). The molecule has 2 aliphatic rings. The second kappa shape index (κ2) is 8.67. The van der Waals surface area contributed by atoms with Gasteiger partial charge in [0.05, 0.1) is 0 Å². The minimum atomic E-state index is -0.757. The number of aliphatic carboxylic acids is 1. The Labute approximate surface area is 156 Å². The van der Waals surface area contributed by atoms with Gasteiger partial charge < -0.3 is 10.0 Å². The SMILES string of the molecule is CCc1ccccc1[C@H](C(=O)O)N1CCC(CCN2CCCC2=O)CC1. The molecule has 142 valence electrons. The van der Waals surface area contributed by atoms with Crippen LogP contribution in [-0.2, 0) is 16.0 Å². The number of nitrogens with zero attached hydrogens (tertiary/aromatic N) is 2. The second-order valence-corrected chi connectivity index (χ2v) is 7.55. The number of hydrogen-bond donors (Lipinski definition) is 1. The third kappa shape index (κ3) is 4.26. The number of carbonyl (C=O) groups is 2. The van der Waals surface area contributed by atoms with Crippen LogP contribution in [0.4, 0.5) is 0 Å². The van der Waals surface area contributed by atoms with Gasteiger partial charge in [0.15, 0.2) is 0 Å². The highest BCUT2D eigenvalue weighted by molar-refractivity contribution is 5.78. The maximum Gasteiger partial charge on any atom is 0.325 e. The van der Waals surface area contributed by atoms with Gasteiger partial charge >= 0.3 is 5.97 Å². The molecule has 0 radical (unpaired) electrons. The van der Waals surface area contributed by atoms with Crippen LogP contribution in [0.15, 0.2) is 24.3 Å². The van der Waals surface area contributed by atoms with Gasteiger partial charge in [-0.3, -0.25) is 14.5 Å². The molecule has 0 aliphatic carbocycles. The average molecular weight is 358 g/mol. The van der Waals surface area contributed by atoms with Crippen LogP contribution in [0, 0.1) is 5.92 Å². The van der Waals surface area contributed by atoms with Gasteiger partial charge in [-0.25, -0.2) is 0 Å². The fraction of sp³-hybridized carbons (Fsp3) is 0.619. The zero-order valence-electron chi connectivity index (χ0n) is 15.7. The van der Waals surface area contributed by atoms with Gasteiger partial charge in [-0.15, -0.1) is 0 Å². The van der Waals surface area contributed by atoms with Crippen LogP contribution < -0.4 is 0 Å². The number of aryl methyl sites for hydroxylation is 1. The Morgan fingerprint density at radius 1 is 1.23 bits per heavy atom. The Kier molecular flexibility index (Phi) is 6.30. The first-order valence-electron chi connectivity index (χ1n) is 9.92. The van der Waals surface area contributed by atoms with E-state index in [2.05, 4.69) is 11.8 Å². The first-order chi connectivity index (χ1) is 12.6. The molecule has 1 atom stereocenters. The molecule has 0 bridgehead atoms. The van der Waals surface area contributed by atoms with Crippen LogP contribution in [0.25, 0.3) is 0 Å². The number of benzene rings is 1. The predicted octanol–water partition coefficient (Wildman–Crippen LogP) is 3.10. The fourth-order valence-electron chi connectivity index (χ4n) is 4.39. The van der Waals surface area contributed by atoms with E-state index in [4.69, 9.17) is 0 Å². The van der Waals surface area contributed by atoms with Crippen molar-refractivity contribution in [1.29, 1.82) is 0 Å². The first-order valence-corrected chi connectivity index (χ1v) is 9.92. The molecule has 0 aromatic heterocycles. The van der Waals surface area contributed by atoms with Gasteiger partial charge in [0.2, 0.25) is 5.91 Å². The van der Waals surface area contributed by atoms with Crippen molar-refractivity contribution in [3.8, 4) is 0 Å². The Morgan fingerprint density at radius 3 is 2.58 bits per heavy atom. The minimum Gasteiger partial charge on any atom is -0.480 e. The number of carboxylic acids is 1. The molecule has 2 fully saturated rings. The quantitative estimate of drug-likeness (QED) is 0.814. The number of likely N-dealkylation sites (tertiary alicyclic amines) is 2. The molecule has 26 heavy (non-hydrogen) atoms. The second-order valence-electron chi connectivity index (χ2n) is 7.55. The Hall–Kier alpha value is -1.88. The number of piperidine rings is 1. The van der Waals surface area contributed by atoms with Crippen molar-refractivity contribution in [2.24, 2.45) is 5.92 Å². The zero-order chi connectivity index (χ0) is 18.5. The predicted molar refractivity (Wildman–Crippen MR) is 101 cm³/mol. The van der Waals surface area contributed by atoms with Crippen molar-refractivity contribution < 1.29 is 14.7 Å². The largest absolute Gasteiger partial charge is 0.480 e. The summed E-state index contributed by atoms with van der Waals surface area (Å²) in [6.45, 7) is 5.47. The lowest BCUT2D eigenvalue weighted by Crippen LogP contribution is -2.41. The molecule has 2 saturated heterocycles. The van der Waals surface area contributed by atoms with Crippen molar-refractivity contribution >= 4 is 11.9 Å². The van der Waals surface area contributed by atoms with E-state index in [1.807, 2.05) is 29.2 Å². The Morgan fingerprint density at radius 2 is 1.96 bits per heavy atom. The van der Waals surface area contributed by atoms with Crippen LogP contribution in [0.1, 0.15) is 56.2 Å². The van der Waals surface area contributed by atoms with Gasteiger partial charge in [0.25, 0.3) is 0 Å². The van der Waals surface area contributed by atoms with Gasteiger partial charge in [0, 0.05) is 19.5 Å². The van der Waals surface area contributed by atoms with Gasteiger partial charge in [-0.2, -0.15) is 0 Å². The monoisotopic (exact) mass is 358 g/mol. The smallest absolute Gasteiger partial charge is 0.325 e. The highest BCUT2D eigenvalue weighted by Gasteiger charge is 2.32. The summed E-state index contributed by atoms with van der Waals surface area (Å²) in [4.78, 5) is 27.8. The normalized spacial score (nSPS) is 20.5. The molecular weight excluding hydrogens is 328 g/mol. The molecule has 5 heteroatoms. The molecule has 1 aromatic rings. The maximum absolute atomic E-state index is 12.0. The third-order valence-corrected chi connectivity index (χ3v) is 5.96. The lowest BCUT2D eigenvalue weighted by molar-refractivity contribution is -0.144. The van der Waals surface area contributed by atoms with Gasteiger partial charge in [0.1, 0.15) is 6.04 Å². The summed E-state index contributed by atoms with van der Waals surface area (Å²) in [5, 5.41) is 9.86. The van der Waals surface area contributed by atoms with E-state index >= 15 is 0 Å². The van der Waals surface area contributed by atoms with Crippen molar-refractivity contribution in [3.63, 3.8) is 0 Å². The third-order valence-electron chi connectivity index (χ3n) is 5.96. The Bertz CT molecular complexity index is 638. The van der Waals surface area contributed by atoms with E-state index in [1.165, 1.54) is 0 Å². The lowest BCUT2D eigenvalue weighted by atomic mass is 9.90. The fourth-order valence-corrected chi connectivity index (χ4v) is 4.39. The summed E-state index contributed by atoms with van der Waals surface area (Å²) in [5.41, 5.74) is 2.05. The summed E-state index contributed by atoms with van der Waals surface area (Å²) in [7, 11) is 0. The van der Waals surface area contributed by atoms with Crippen LogP contribution in [0.5, 0.6) is 0 Å². The highest BCUT2D eigenvalue weighted by Crippen LogP contribution is 2.31. The number of hydrogen-bond acceptors (Lipinski definition) is 3. The molecule has 2 aliphatic heterocycles. The van der Waals surface area contributed by atoms with E-state index < -0.39 is 12.0 Å². The summed E-state index contributed by atoms with van der Waals surface area (Å²) in [6, 6.07) is 7.36. The first kappa shape index (κ1) is 18.9. The standard InChI is InChI=1S/C21H30N2O3/c1-2-17-6-3-4-7-18(17)20(21(25)26)23-14-10-16(11-15-23)9-13-22-12-5-8-19(22)24/h3-4,6-7,16,20H,2,5,8-15H2,1H3,(H,25,26)/t20-/m1/s1. The van der Waals surface area contributed by atoms with Crippen molar-refractivity contribution in [2.75, 3.05) is 26.2 Å². The number of rotatable bonds is 7. The molecule has 0 unspecified atom stereocenters. The van der Waals surface area contributed by atoms with Gasteiger partial charge in [-0.1, -0.05) is 31.2 Å². The number of amides is 1.